The third kappa shape index (κ3) is 20.3. The molecule has 0 saturated heterocycles. The fourth-order valence-corrected chi connectivity index (χ4v) is 0.365. The maximum Gasteiger partial charge on any atom is 0.268 e. The third-order valence-electron chi connectivity index (χ3n) is 2.63. The molecule has 0 aromatic rings. The summed E-state index contributed by atoms with van der Waals surface area (Å²) < 4.78 is 0. The van der Waals surface area contributed by atoms with Gasteiger partial charge >= 0.3 is 0 Å². The summed E-state index contributed by atoms with van der Waals surface area (Å²) in [5, 5.41) is 36.0. The van der Waals surface area contributed by atoms with E-state index < -0.39 is 11.1 Å². The molecule has 0 aromatic carbocycles. The molecule has 0 fully saturated rings. The van der Waals surface area contributed by atoms with Crippen LogP contribution in [-0.2, 0) is 0 Å². The van der Waals surface area contributed by atoms with Crippen LogP contribution in [-0.4, -0.2) is 28.6 Å². The number of amidine groups is 3. The molecular formula is C12H33Cl3N10. The lowest BCUT2D eigenvalue weighted by molar-refractivity contribution is -0.124. The molecule has 13 heteroatoms. The zero-order valence-electron chi connectivity index (χ0n) is 15.5. The summed E-state index contributed by atoms with van der Waals surface area (Å²) >= 11 is 0. The van der Waals surface area contributed by atoms with Gasteiger partial charge in [0, 0.05) is 12.2 Å². The first-order valence-corrected chi connectivity index (χ1v) is 6.52. The number of nitrogens with two attached hydrogens (primary N) is 6. The zero-order chi connectivity index (χ0) is 18.7. The number of nitrogens with zero attached hydrogens (tertiary/aromatic N) is 4. The Labute approximate surface area is 169 Å². The largest absolute Gasteiger partial charge is 1.00 e. The molecule has 0 bridgehead atoms. The Kier molecular flexibility index (Phi) is 26.5. The molecule has 0 aromatic heterocycles. The Morgan fingerprint density at radius 1 is 0.800 bits per heavy atom. The van der Waals surface area contributed by atoms with Crippen molar-refractivity contribution in [3.63, 3.8) is 0 Å². The normalized spacial score (nSPS) is 9.64. The van der Waals surface area contributed by atoms with Crippen molar-refractivity contribution in [1.29, 1.82) is 10.8 Å². The van der Waals surface area contributed by atoms with Gasteiger partial charge in [-0.2, -0.15) is 10.2 Å². The number of azo groups is 1. The van der Waals surface area contributed by atoms with Crippen molar-refractivity contribution in [2.45, 2.75) is 52.6 Å². The van der Waals surface area contributed by atoms with Gasteiger partial charge in [0.25, 0.3) is 11.7 Å². The summed E-state index contributed by atoms with van der Waals surface area (Å²) in [4.78, 5) is 0. The second-order valence-electron chi connectivity index (χ2n) is 5.88. The Morgan fingerprint density at radius 3 is 1.04 bits per heavy atom. The highest BCUT2D eigenvalue weighted by atomic mass is 35.5. The Balaban J connectivity index is -0.0000000522. The van der Waals surface area contributed by atoms with E-state index in [4.69, 9.17) is 44.2 Å². The standard InChI is InChI=1S/C8H18N6.C4H10N2.3ClH.N2.H2/c1-7(2,5(9)10)13-14-8(3,4)6(11)12;1-3(2)4(5)6;;;;1-2;/h1-4H3,(H3,9,10)(H3,11,12);3H,1-2H3,(H3,5,6);3*1H;;1H/i;;;;;;1+1. The van der Waals surface area contributed by atoms with Crippen LogP contribution >= 0.6 is 0 Å². The first-order chi connectivity index (χ1) is 9.74. The van der Waals surface area contributed by atoms with Crippen LogP contribution < -0.4 is 70.6 Å². The zero-order valence-corrected chi connectivity index (χ0v) is 17.7. The minimum Gasteiger partial charge on any atom is -1.00 e. The molecule has 12 N–H and O–H groups in total. The second kappa shape index (κ2) is 17.1. The minimum atomic E-state index is -0.702. The van der Waals surface area contributed by atoms with Crippen molar-refractivity contribution in [2.24, 2.45) is 33.3 Å². The summed E-state index contributed by atoms with van der Waals surface area (Å²) in [5.41, 5.74) is 14.6. The summed E-state index contributed by atoms with van der Waals surface area (Å²) in [6, 6.07) is 0. The maximum atomic E-state index is 6.00. The molecule has 0 atom stereocenters. The van der Waals surface area contributed by atoms with Crippen molar-refractivity contribution in [1.82, 2.24) is 0 Å². The van der Waals surface area contributed by atoms with Crippen LogP contribution in [0.15, 0.2) is 10.2 Å². The van der Waals surface area contributed by atoms with Crippen LogP contribution in [0, 0.1) is 16.7 Å². The molecule has 152 valence electrons. The van der Waals surface area contributed by atoms with E-state index in [1.807, 2.05) is 13.8 Å². The lowest BCUT2D eigenvalue weighted by atomic mass is 10.1. The van der Waals surface area contributed by atoms with Gasteiger partial charge < -0.3 is 37.2 Å². The molecule has 0 heterocycles. The summed E-state index contributed by atoms with van der Waals surface area (Å²) in [5.74, 6) is 1.24. The number of hydrogen-bond donors (Lipinski definition) is 6. The average molecular weight is 425 g/mol. The van der Waals surface area contributed by atoms with Gasteiger partial charge in [0.1, 0.15) is 0 Å². The minimum absolute atomic E-state index is 0. The Hall–Kier alpha value is -1.70. The monoisotopic (exact) mass is 423 g/mol. The molecule has 0 aliphatic rings. The summed E-state index contributed by atoms with van der Waals surface area (Å²) in [7, 11) is 0. The van der Waals surface area contributed by atoms with Crippen molar-refractivity contribution in [3.8, 4) is 0 Å². The molecule has 0 aliphatic carbocycles. The predicted octanol–water partition coefficient (Wildman–Crippen LogP) is -12.7. The van der Waals surface area contributed by atoms with E-state index in [0.29, 0.717) is 11.8 Å². The van der Waals surface area contributed by atoms with E-state index in [1.54, 1.807) is 27.7 Å². The Bertz CT molecular complexity index is 422. The topological polar surface area (TPSA) is 227 Å². The quantitative estimate of drug-likeness (QED) is 0.109. The van der Waals surface area contributed by atoms with Gasteiger partial charge in [-0.05, 0) is 27.7 Å². The average Bonchev–Trinajstić information content (AvgIpc) is 2.39. The molecule has 0 radical (unpaired) electrons. The second-order valence-corrected chi connectivity index (χ2v) is 5.88. The first-order valence-electron chi connectivity index (χ1n) is 6.52. The van der Waals surface area contributed by atoms with E-state index >= 15 is 0 Å². The van der Waals surface area contributed by atoms with Crippen molar-refractivity contribution >= 4 is 17.5 Å². The highest BCUT2D eigenvalue weighted by Gasteiger charge is 2.30. The van der Waals surface area contributed by atoms with Crippen LogP contribution in [0.25, 0.3) is 0 Å². The van der Waals surface area contributed by atoms with Crippen molar-refractivity contribution < 1.29 is 54.9 Å². The molecule has 0 aliphatic heterocycles. The number of hydrogen-bond acceptors (Lipinski definition) is 4. The SMILES string of the molecule is CC(C)(N=NC(C)(C)C(N)=[NH2+])C(N)=[NH2+].CC(C)C(N)=[NH2+].N#N.[2HH].[Cl-].[Cl-].[Cl-]. The van der Waals surface area contributed by atoms with Gasteiger partial charge in [-0.1, -0.05) is 13.8 Å². The molecule has 0 rings (SSSR count). The fourth-order valence-electron chi connectivity index (χ4n) is 0.365. The van der Waals surface area contributed by atoms with Crippen molar-refractivity contribution in [3.05, 3.63) is 0 Å². The van der Waals surface area contributed by atoms with Gasteiger partial charge in [0.05, 0.1) is 5.92 Å². The number of halogens is 3. The molecule has 10 nitrogen and oxygen atoms in total. The first kappa shape index (κ1) is 38.7. The van der Waals surface area contributed by atoms with Crippen LogP contribution in [0.2, 0.25) is 0 Å². The smallest absolute Gasteiger partial charge is 0.268 e. The number of rotatable bonds is 5. The molecule has 0 amide bonds. The van der Waals surface area contributed by atoms with E-state index in [0.717, 1.165) is 0 Å². The summed E-state index contributed by atoms with van der Waals surface area (Å²) in [6.07, 6.45) is 0. The van der Waals surface area contributed by atoms with Gasteiger partial charge in [0.2, 0.25) is 5.84 Å². The molecule has 25 heavy (non-hydrogen) atoms. The van der Waals surface area contributed by atoms with Gasteiger partial charge in [-0.3, -0.25) is 33.4 Å². The highest BCUT2D eigenvalue weighted by molar-refractivity contribution is 5.85. The van der Waals surface area contributed by atoms with E-state index in [1.165, 1.54) is 0 Å². The van der Waals surface area contributed by atoms with E-state index in [9.17, 15) is 0 Å². The van der Waals surface area contributed by atoms with Gasteiger partial charge in [-0.15, -0.1) is 0 Å². The summed E-state index contributed by atoms with van der Waals surface area (Å²) in [6.45, 7) is 10.9. The lowest BCUT2D eigenvalue weighted by Gasteiger charge is -2.16. The van der Waals surface area contributed by atoms with Gasteiger partial charge in [-0.25, -0.2) is 0 Å². The van der Waals surface area contributed by atoms with Crippen LogP contribution in [0.4, 0.5) is 0 Å². The van der Waals surface area contributed by atoms with E-state index in [-0.39, 0.29) is 50.3 Å². The highest BCUT2D eigenvalue weighted by Crippen LogP contribution is 2.13. The lowest BCUT2D eigenvalue weighted by Crippen LogP contribution is -3.00. The molecule has 0 spiro atoms. The maximum absolute atomic E-state index is 6.00. The van der Waals surface area contributed by atoms with Crippen LogP contribution in [0.3, 0.4) is 0 Å². The molecule has 0 saturated carbocycles. The Morgan fingerprint density at radius 2 is 0.960 bits per heavy atom. The van der Waals surface area contributed by atoms with Crippen LogP contribution in [0.5, 0.6) is 0 Å². The van der Waals surface area contributed by atoms with Crippen molar-refractivity contribution in [2.75, 3.05) is 0 Å². The molecule has 0 unspecified atom stereocenters. The van der Waals surface area contributed by atoms with E-state index in [2.05, 4.69) is 10.2 Å². The predicted molar refractivity (Wildman–Crippen MR) is 86.8 cm³/mol. The van der Waals surface area contributed by atoms with Crippen LogP contribution in [0.1, 0.15) is 43.0 Å². The van der Waals surface area contributed by atoms with Gasteiger partial charge in [0.15, 0.2) is 11.1 Å². The third-order valence-corrected chi connectivity index (χ3v) is 2.63. The molecular weight excluding hydrogens is 391 g/mol. The fraction of sp³-hybridized carbons (Fsp3) is 0.750.